The summed E-state index contributed by atoms with van der Waals surface area (Å²) in [5.74, 6) is 0.736. The molecule has 0 heterocycles. The zero-order chi connectivity index (χ0) is 13.8. The van der Waals surface area contributed by atoms with Gasteiger partial charge in [0.15, 0.2) is 0 Å². The number of methoxy groups -OCH3 is 1. The summed E-state index contributed by atoms with van der Waals surface area (Å²) in [4.78, 5) is 0. The van der Waals surface area contributed by atoms with Gasteiger partial charge < -0.3 is 4.74 Å². The first-order valence-electron chi connectivity index (χ1n) is 6.13. The highest BCUT2D eigenvalue weighted by Crippen LogP contribution is 2.34. The Kier molecular flexibility index (Phi) is 4.73. The van der Waals surface area contributed by atoms with Crippen LogP contribution in [-0.4, -0.2) is 7.11 Å². The van der Waals surface area contributed by atoms with Crippen molar-refractivity contribution >= 4 is 23.2 Å². The number of alkyl halides is 1. The molecule has 0 amide bonds. The van der Waals surface area contributed by atoms with Gasteiger partial charge in [0.2, 0.25) is 0 Å². The fourth-order valence-electron chi connectivity index (χ4n) is 1.98. The van der Waals surface area contributed by atoms with Gasteiger partial charge in [-0.3, -0.25) is 0 Å². The highest BCUT2D eigenvalue weighted by Gasteiger charge is 2.14. The number of ether oxygens (including phenoxy) is 1. The van der Waals surface area contributed by atoms with E-state index < -0.39 is 0 Å². The van der Waals surface area contributed by atoms with Gasteiger partial charge in [-0.15, -0.1) is 11.6 Å². The van der Waals surface area contributed by atoms with Gasteiger partial charge in [-0.1, -0.05) is 47.5 Å². The van der Waals surface area contributed by atoms with E-state index in [0.29, 0.717) is 5.02 Å². The lowest BCUT2D eigenvalue weighted by molar-refractivity contribution is 0.409. The summed E-state index contributed by atoms with van der Waals surface area (Å²) in [6, 6.07) is 14.0. The summed E-state index contributed by atoms with van der Waals surface area (Å²) >= 11 is 12.4. The minimum Gasteiger partial charge on any atom is -0.496 e. The molecule has 0 saturated carbocycles. The van der Waals surface area contributed by atoms with Crippen molar-refractivity contribution in [1.82, 2.24) is 0 Å². The largest absolute Gasteiger partial charge is 0.496 e. The van der Waals surface area contributed by atoms with E-state index in [-0.39, 0.29) is 5.38 Å². The third kappa shape index (κ3) is 3.65. The topological polar surface area (TPSA) is 9.23 Å². The smallest absolute Gasteiger partial charge is 0.125 e. The average Bonchev–Trinajstić information content (AvgIpc) is 2.41. The van der Waals surface area contributed by atoms with Crippen molar-refractivity contribution in [2.45, 2.75) is 18.7 Å². The molecule has 0 saturated heterocycles. The van der Waals surface area contributed by atoms with Crippen LogP contribution < -0.4 is 4.74 Å². The fourth-order valence-corrected chi connectivity index (χ4v) is 2.51. The SMILES string of the molecule is COc1cc(Cl)ccc1C(Cl)Cc1ccc(C)cc1. The van der Waals surface area contributed by atoms with E-state index >= 15 is 0 Å². The van der Waals surface area contributed by atoms with Crippen LogP contribution in [0.25, 0.3) is 0 Å². The maximum Gasteiger partial charge on any atom is 0.125 e. The van der Waals surface area contributed by atoms with Crippen LogP contribution in [0.3, 0.4) is 0 Å². The molecule has 0 spiro atoms. The van der Waals surface area contributed by atoms with Crippen LogP contribution in [0, 0.1) is 6.92 Å². The standard InChI is InChI=1S/C16H16Cl2O/c1-11-3-5-12(6-4-11)9-15(18)14-8-7-13(17)10-16(14)19-2/h3-8,10,15H,9H2,1-2H3. The zero-order valence-electron chi connectivity index (χ0n) is 11.0. The highest BCUT2D eigenvalue weighted by atomic mass is 35.5. The second kappa shape index (κ2) is 6.31. The first-order valence-corrected chi connectivity index (χ1v) is 6.94. The Morgan fingerprint density at radius 2 is 1.79 bits per heavy atom. The molecule has 1 nitrogen and oxygen atoms in total. The number of halogens is 2. The molecule has 19 heavy (non-hydrogen) atoms. The van der Waals surface area contributed by atoms with Crippen molar-refractivity contribution < 1.29 is 4.74 Å². The van der Waals surface area contributed by atoms with Crippen molar-refractivity contribution in [3.8, 4) is 5.75 Å². The molecule has 3 heteroatoms. The van der Waals surface area contributed by atoms with E-state index in [1.807, 2.05) is 12.1 Å². The molecule has 0 aromatic heterocycles. The lowest BCUT2D eigenvalue weighted by Gasteiger charge is -2.14. The molecule has 0 aliphatic carbocycles. The summed E-state index contributed by atoms with van der Waals surface area (Å²) in [7, 11) is 1.63. The van der Waals surface area contributed by atoms with E-state index in [1.165, 1.54) is 11.1 Å². The molecule has 2 aromatic rings. The van der Waals surface area contributed by atoms with Crippen molar-refractivity contribution in [1.29, 1.82) is 0 Å². The van der Waals surface area contributed by atoms with Crippen LogP contribution in [0.15, 0.2) is 42.5 Å². The van der Waals surface area contributed by atoms with Gasteiger partial charge in [-0.25, -0.2) is 0 Å². The fraction of sp³-hybridized carbons (Fsp3) is 0.250. The third-order valence-electron chi connectivity index (χ3n) is 3.07. The Morgan fingerprint density at radius 1 is 1.11 bits per heavy atom. The van der Waals surface area contributed by atoms with Gasteiger partial charge in [0.25, 0.3) is 0 Å². The highest BCUT2D eigenvalue weighted by molar-refractivity contribution is 6.30. The van der Waals surface area contributed by atoms with E-state index in [2.05, 4.69) is 31.2 Å². The lowest BCUT2D eigenvalue weighted by Crippen LogP contribution is -1.99. The normalized spacial score (nSPS) is 12.2. The maximum atomic E-state index is 6.49. The zero-order valence-corrected chi connectivity index (χ0v) is 12.5. The van der Waals surface area contributed by atoms with Gasteiger partial charge in [0.05, 0.1) is 12.5 Å². The van der Waals surface area contributed by atoms with Gasteiger partial charge in [-0.05, 0) is 31.0 Å². The van der Waals surface area contributed by atoms with Crippen LogP contribution in [-0.2, 0) is 6.42 Å². The van der Waals surface area contributed by atoms with Gasteiger partial charge >= 0.3 is 0 Å². The Balaban J connectivity index is 2.19. The molecule has 0 fully saturated rings. The molecule has 1 unspecified atom stereocenters. The summed E-state index contributed by atoms with van der Waals surface area (Å²) in [6.07, 6.45) is 0.764. The quantitative estimate of drug-likeness (QED) is 0.706. The molecule has 0 bridgehead atoms. The predicted molar refractivity (Wildman–Crippen MR) is 81.5 cm³/mol. The minimum atomic E-state index is -0.130. The van der Waals surface area contributed by atoms with Crippen molar-refractivity contribution in [3.05, 3.63) is 64.2 Å². The molecule has 2 rings (SSSR count). The molecular formula is C16H16Cl2O. The van der Waals surface area contributed by atoms with Crippen LogP contribution >= 0.6 is 23.2 Å². The van der Waals surface area contributed by atoms with E-state index in [0.717, 1.165) is 17.7 Å². The Hall–Kier alpha value is -1.18. The van der Waals surface area contributed by atoms with Gasteiger partial charge in [-0.2, -0.15) is 0 Å². The van der Waals surface area contributed by atoms with Crippen LogP contribution in [0.4, 0.5) is 0 Å². The molecule has 0 radical (unpaired) electrons. The lowest BCUT2D eigenvalue weighted by atomic mass is 10.0. The Morgan fingerprint density at radius 3 is 2.42 bits per heavy atom. The predicted octanol–water partition coefficient (Wildman–Crippen LogP) is 5.18. The number of aryl methyl sites for hydroxylation is 1. The van der Waals surface area contributed by atoms with Gasteiger partial charge in [0.1, 0.15) is 5.75 Å². The second-order valence-electron chi connectivity index (χ2n) is 4.54. The summed E-state index contributed by atoms with van der Waals surface area (Å²) in [5, 5.41) is 0.523. The van der Waals surface area contributed by atoms with Crippen molar-refractivity contribution in [3.63, 3.8) is 0 Å². The Bertz CT molecular complexity index is 549. The van der Waals surface area contributed by atoms with Crippen LogP contribution in [0.1, 0.15) is 22.1 Å². The van der Waals surface area contributed by atoms with Crippen LogP contribution in [0.2, 0.25) is 5.02 Å². The summed E-state index contributed by atoms with van der Waals surface area (Å²) < 4.78 is 5.34. The maximum absolute atomic E-state index is 6.49. The van der Waals surface area contributed by atoms with E-state index in [9.17, 15) is 0 Å². The summed E-state index contributed by atoms with van der Waals surface area (Å²) in [6.45, 7) is 2.07. The molecule has 0 aliphatic heterocycles. The number of benzene rings is 2. The third-order valence-corrected chi connectivity index (χ3v) is 3.69. The monoisotopic (exact) mass is 294 g/mol. The first-order chi connectivity index (χ1) is 9.10. The molecule has 0 aliphatic rings. The van der Waals surface area contributed by atoms with E-state index in [1.54, 1.807) is 13.2 Å². The molecule has 0 N–H and O–H groups in total. The number of rotatable bonds is 4. The summed E-state index contributed by atoms with van der Waals surface area (Å²) in [5.41, 5.74) is 3.43. The molecule has 2 aromatic carbocycles. The molecule has 1 atom stereocenters. The molecule has 100 valence electrons. The van der Waals surface area contributed by atoms with E-state index in [4.69, 9.17) is 27.9 Å². The Labute approximate surface area is 124 Å². The second-order valence-corrected chi connectivity index (χ2v) is 5.51. The average molecular weight is 295 g/mol. The number of hydrogen-bond donors (Lipinski definition) is 0. The van der Waals surface area contributed by atoms with Crippen molar-refractivity contribution in [2.24, 2.45) is 0 Å². The number of hydrogen-bond acceptors (Lipinski definition) is 1. The van der Waals surface area contributed by atoms with Crippen molar-refractivity contribution in [2.75, 3.05) is 7.11 Å². The minimum absolute atomic E-state index is 0.130. The molecular weight excluding hydrogens is 279 g/mol. The van der Waals surface area contributed by atoms with Crippen LogP contribution in [0.5, 0.6) is 5.75 Å². The van der Waals surface area contributed by atoms with Gasteiger partial charge in [0, 0.05) is 10.6 Å². The first kappa shape index (κ1) is 14.2.